The molecule has 0 saturated heterocycles. The molecule has 9 heteroatoms. The molecule has 6 N–H and O–H groups in total. The van der Waals surface area contributed by atoms with E-state index in [0.29, 0.717) is 29.1 Å². The number of aromatic nitrogens is 2. The van der Waals surface area contributed by atoms with E-state index < -0.39 is 5.82 Å². The van der Waals surface area contributed by atoms with Crippen molar-refractivity contribution in [3.8, 4) is 11.4 Å². The van der Waals surface area contributed by atoms with Gasteiger partial charge in [0.05, 0.1) is 28.4 Å². The van der Waals surface area contributed by atoms with Gasteiger partial charge >= 0.3 is 0 Å². The van der Waals surface area contributed by atoms with Crippen LogP contribution in [0.2, 0.25) is 0 Å². The molecule has 8 nitrogen and oxygen atoms in total. The molecule has 0 aliphatic carbocycles. The lowest BCUT2D eigenvalue weighted by Gasteiger charge is -2.10. The normalized spacial score (nSPS) is 11.3. The molecule has 3 aromatic rings. The Kier molecular flexibility index (Phi) is 9.01. The Hall–Kier alpha value is -2.75. The second-order valence-corrected chi connectivity index (χ2v) is 7.41. The van der Waals surface area contributed by atoms with Gasteiger partial charge in [0, 0.05) is 6.54 Å². The Morgan fingerprint density at radius 1 is 1.03 bits per heavy atom. The van der Waals surface area contributed by atoms with E-state index in [2.05, 4.69) is 25.9 Å². The van der Waals surface area contributed by atoms with Gasteiger partial charge in [-0.2, -0.15) is 0 Å². The van der Waals surface area contributed by atoms with Crippen LogP contribution >= 0.6 is 0 Å². The summed E-state index contributed by atoms with van der Waals surface area (Å²) in [7, 11) is 0. The predicted molar refractivity (Wildman–Crippen MR) is 122 cm³/mol. The second kappa shape index (κ2) is 12.2. The van der Waals surface area contributed by atoms with E-state index in [-0.39, 0.29) is 10.9 Å². The third-order valence-electron chi connectivity index (χ3n) is 4.95. The van der Waals surface area contributed by atoms with Crippen LogP contribution in [-0.4, -0.2) is 49.2 Å². The van der Waals surface area contributed by atoms with Crippen LogP contribution in [0.1, 0.15) is 25.7 Å². The Morgan fingerprint density at radius 3 is 2.48 bits per heavy atom. The molecule has 0 radical (unpaired) electrons. The average molecular weight is 431 g/mol. The second-order valence-electron chi connectivity index (χ2n) is 7.41. The van der Waals surface area contributed by atoms with Gasteiger partial charge in [0.2, 0.25) is 0 Å². The van der Waals surface area contributed by atoms with Crippen LogP contribution in [0.25, 0.3) is 22.3 Å². The highest BCUT2D eigenvalue weighted by molar-refractivity contribution is 5.83. The number of rotatable bonds is 14. The highest BCUT2D eigenvalue weighted by Crippen LogP contribution is 2.22. The topological polar surface area (TPSA) is 121 Å². The third-order valence-corrected chi connectivity index (χ3v) is 4.95. The van der Waals surface area contributed by atoms with Gasteiger partial charge in [-0.3, -0.25) is 4.79 Å². The van der Waals surface area contributed by atoms with Crippen LogP contribution in [0.5, 0.6) is 0 Å². The molecule has 0 fully saturated rings. The Bertz CT molecular complexity index is 990. The van der Waals surface area contributed by atoms with E-state index >= 15 is 0 Å². The summed E-state index contributed by atoms with van der Waals surface area (Å²) >= 11 is 0. The monoisotopic (exact) mass is 430 g/mol. The fourth-order valence-electron chi connectivity index (χ4n) is 3.24. The summed E-state index contributed by atoms with van der Waals surface area (Å²) in [5, 5.41) is 10.1. The van der Waals surface area contributed by atoms with Crippen molar-refractivity contribution in [2.75, 3.05) is 44.6 Å². The number of hydrogen-bond donors (Lipinski definition) is 5. The lowest BCUT2D eigenvalue weighted by molar-refractivity contribution is 0.568. The summed E-state index contributed by atoms with van der Waals surface area (Å²) in [6, 6.07) is 4.51. The average Bonchev–Trinajstić information content (AvgIpc) is 3.30. The van der Waals surface area contributed by atoms with Crippen LogP contribution in [0.15, 0.2) is 39.9 Å². The molecule has 1 aromatic carbocycles. The Balaban J connectivity index is 1.43. The van der Waals surface area contributed by atoms with Gasteiger partial charge < -0.3 is 31.1 Å². The highest BCUT2D eigenvalue weighted by atomic mass is 19.1. The molecule has 2 aromatic heterocycles. The van der Waals surface area contributed by atoms with Crippen molar-refractivity contribution in [3.63, 3.8) is 0 Å². The number of furan rings is 1. The number of nitrogens with two attached hydrogens (primary N) is 1. The summed E-state index contributed by atoms with van der Waals surface area (Å²) in [4.78, 5) is 19.4. The van der Waals surface area contributed by atoms with Crippen molar-refractivity contribution < 1.29 is 8.81 Å². The molecule has 0 aliphatic rings. The molecule has 0 saturated carbocycles. The zero-order valence-corrected chi connectivity index (χ0v) is 17.7. The lowest BCUT2D eigenvalue weighted by Crippen LogP contribution is -2.22. The summed E-state index contributed by atoms with van der Waals surface area (Å²) in [5.41, 5.74) is 6.50. The van der Waals surface area contributed by atoms with Gasteiger partial charge in [-0.25, -0.2) is 9.37 Å². The summed E-state index contributed by atoms with van der Waals surface area (Å²) in [6.07, 6.45) is 7.12. The van der Waals surface area contributed by atoms with Gasteiger partial charge in [-0.1, -0.05) is 0 Å². The van der Waals surface area contributed by atoms with Crippen LogP contribution in [0.3, 0.4) is 0 Å². The maximum absolute atomic E-state index is 14.4. The van der Waals surface area contributed by atoms with Crippen LogP contribution < -0.4 is 27.2 Å². The van der Waals surface area contributed by atoms with E-state index in [1.807, 2.05) is 0 Å². The molecule has 0 amide bonds. The van der Waals surface area contributed by atoms with Gasteiger partial charge in [-0.05, 0) is 76.6 Å². The highest BCUT2D eigenvalue weighted by Gasteiger charge is 2.11. The van der Waals surface area contributed by atoms with E-state index in [9.17, 15) is 9.18 Å². The molecule has 0 aliphatic heterocycles. The zero-order chi connectivity index (χ0) is 21.9. The number of unbranched alkanes of at least 4 members (excludes halogenated alkanes) is 1. The standard InChI is InChI=1S/C22H31FN6O2/c23-18-13-17-19(28-21(29-22(17)30)16-5-12-31-15-16)14-20(18)27-11-4-10-26-8-2-1-7-25-9-3-6-24/h5,12-15,25-27H,1-4,6-11,24H2,(H,28,29,30). The van der Waals surface area contributed by atoms with E-state index in [1.165, 1.54) is 18.6 Å². The van der Waals surface area contributed by atoms with Gasteiger partial charge in [-0.15, -0.1) is 0 Å². The van der Waals surface area contributed by atoms with E-state index in [1.54, 1.807) is 12.1 Å². The number of halogens is 1. The Labute approximate surface area is 180 Å². The van der Waals surface area contributed by atoms with Gasteiger partial charge in [0.15, 0.2) is 0 Å². The van der Waals surface area contributed by atoms with E-state index in [4.69, 9.17) is 10.2 Å². The number of hydrogen-bond acceptors (Lipinski definition) is 7. The first kappa shape index (κ1) is 22.9. The third kappa shape index (κ3) is 6.88. The maximum atomic E-state index is 14.4. The first-order valence-corrected chi connectivity index (χ1v) is 10.8. The predicted octanol–water partition coefficient (Wildman–Crippen LogP) is 2.43. The SMILES string of the molecule is NCCCNCCCCNCCCNc1cc2nc(-c3ccoc3)[nH]c(=O)c2cc1F. The Morgan fingerprint density at radius 2 is 1.77 bits per heavy atom. The smallest absolute Gasteiger partial charge is 0.259 e. The molecule has 2 heterocycles. The van der Waals surface area contributed by atoms with Crippen LogP contribution in [-0.2, 0) is 0 Å². The number of benzene rings is 1. The summed E-state index contributed by atoms with van der Waals surface area (Å²) < 4.78 is 19.5. The number of H-pyrrole nitrogens is 1. The molecule has 0 spiro atoms. The minimum absolute atomic E-state index is 0.217. The molecule has 31 heavy (non-hydrogen) atoms. The molecule has 168 valence electrons. The minimum atomic E-state index is -0.467. The number of fused-ring (bicyclic) bond motifs is 1. The van der Waals surface area contributed by atoms with E-state index in [0.717, 1.165) is 58.4 Å². The number of aromatic amines is 1. The van der Waals surface area contributed by atoms with Gasteiger partial charge in [0.1, 0.15) is 17.9 Å². The number of nitrogens with zero attached hydrogens (tertiary/aromatic N) is 1. The van der Waals surface area contributed by atoms with Gasteiger partial charge in [0.25, 0.3) is 5.56 Å². The van der Waals surface area contributed by atoms with Crippen molar-refractivity contribution in [3.05, 3.63) is 46.9 Å². The van der Waals surface area contributed by atoms with Crippen molar-refractivity contribution in [2.45, 2.75) is 25.7 Å². The molecule has 0 bridgehead atoms. The zero-order valence-electron chi connectivity index (χ0n) is 17.7. The molecule has 0 atom stereocenters. The number of anilines is 1. The maximum Gasteiger partial charge on any atom is 0.259 e. The van der Waals surface area contributed by atoms with Crippen molar-refractivity contribution in [2.24, 2.45) is 5.73 Å². The first-order chi connectivity index (χ1) is 15.2. The molecule has 3 rings (SSSR count). The first-order valence-electron chi connectivity index (χ1n) is 10.8. The quantitative estimate of drug-likeness (QED) is 0.249. The van der Waals surface area contributed by atoms with Crippen molar-refractivity contribution in [1.82, 2.24) is 20.6 Å². The largest absolute Gasteiger partial charge is 0.472 e. The van der Waals surface area contributed by atoms with Crippen molar-refractivity contribution >= 4 is 16.6 Å². The fourth-order valence-corrected chi connectivity index (χ4v) is 3.24. The van der Waals surface area contributed by atoms with Crippen molar-refractivity contribution in [1.29, 1.82) is 0 Å². The molecule has 0 unspecified atom stereocenters. The van der Waals surface area contributed by atoms with Crippen LogP contribution in [0.4, 0.5) is 10.1 Å². The number of nitrogens with one attached hydrogen (secondary N) is 4. The van der Waals surface area contributed by atoms with Crippen LogP contribution in [0, 0.1) is 5.82 Å². The summed E-state index contributed by atoms with van der Waals surface area (Å²) in [5.74, 6) is -0.0754. The fraction of sp³-hybridized carbons (Fsp3) is 0.455. The minimum Gasteiger partial charge on any atom is -0.472 e. The molecular formula is C22H31FN6O2. The molecular weight excluding hydrogens is 399 g/mol. The summed E-state index contributed by atoms with van der Waals surface area (Å²) in [6.45, 7) is 5.16. The lowest BCUT2D eigenvalue weighted by atomic mass is 10.2.